The maximum Gasteiger partial charge on any atom is 0.146 e. The molecule has 3 rings (SSSR count). The molecule has 0 saturated carbocycles. The summed E-state index contributed by atoms with van der Waals surface area (Å²) in [6, 6.07) is 19.3. The first-order valence-electron chi connectivity index (χ1n) is 5.94. The molecule has 3 heteroatoms. The van der Waals surface area contributed by atoms with E-state index in [2.05, 4.69) is 6.07 Å². The van der Waals surface area contributed by atoms with Crippen LogP contribution in [0.15, 0.2) is 60.7 Å². The standard InChI is InChI=1S/C16H12ClNO/c17-15-10-13(18)6-8-16(15)19-14-7-5-11-3-1-2-4-12(11)9-14/h1-10H,18H2. The summed E-state index contributed by atoms with van der Waals surface area (Å²) in [5.74, 6) is 1.36. The lowest BCUT2D eigenvalue weighted by Crippen LogP contribution is -1.88. The predicted molar refractivity (Wildman–Crippen MR) is 79.9 cm³/mol. The van der Waals surface area contributed by atoms with Crippen molar-refractivity contribution >= 4 is 28.1 Å². The number of ether oxygens (including phenoxy) is 1. The third-order valence-electron chi connectivity index (χ3n) is 2.90. The fourth-order valence-electron chi connectivity index (χ4n) is 1.96. The minimum absolute atomic E-state index is 0.508. The fourth-order valence-corrected chi connectivity index (χ4v) is 2.19. The lowest BCUT2D eigenvalue weighted by atomic mass is 10.1. The Morgan fingerprint density at radius 2 is 1.63 bits per heavy atom. The van der Waals surface area contributed by atoms with Crippen LogP contribution >= 0.6 is 11.6 Å². The molecule has 0 bridgehead atoms. The number of benzene rings is 3. The Labute approximate surface area is 116 Å². The molecule has 0 atom stereocenters. The van der Waals surface area contributed by atoms with Crippen LogP contribution in [0.25, 0.3) is 10.8 Å². The molecule has 0 radical (unpaired) electrons. The average molecular weight is 270 g/mol. The predicted octanol–water partition coefficient (Wildman–Crippen LogP) is 4.87. The smallest absolute Gasteiger partial charge is 0.146 e. The maximum atomic E-state index is 6.09. The largest absolute Gasteiger partial charge is 0.456 e. The van der Waals surface area contributed by atoms with Crippen molar-refractivity contribution in [1.82, 2.24) is 0 Å². The highest BCUT2D eigenvalue weighted by atomic mass is 35.5. The van der Waals surface area contributed by atoms with Gasteiger partial charge < -0.3 is 10.5 Å². The van der Waals surface area contributed by atoms with E-state index in [1.165, 1.54) is 5.39 Å². The molecular weight excluding hydrogens is 258 g/mol. The van der Waals surface area contributed by atoms with Crippen molar-refractivity contribution in [2.45, 2.75) is 0 Å². The molecular formula is C16H12ClNO. The van der Waals surface area contributed by atoms with Crippen LogP contribution in [0, 0.1) is 0 Å². The summed E-state index contributed by atoms with van der Waals surface area (Å²) in [6.45, 7) is 0. The van der Waals surface area contributed by atoms with Crippen molar-refractivity contribution in [3.8, 4) is 11.5 Å². The SMILES string of the molecule is Nc1ccc(Oc2ccc3ccccc3c2)c(Cl)c1. The van der Waals surface area contributed by atoms with Gasteiger partial charge in [-0.3, -0.25) is 0 Å². The Bertz CT molecular complexity index is 740. The summed E-state index contributed by atoms with van der Waals surface area (Å²) >= 11 is 6.09. The maximum absolute atomic E-state index is 6.09. The highest BCUT2D eigenvalue weighted by Crippen LogP contribution is 2.32. The van der Waals surface area contributed by atoms with Crippen LogP contribution in [0.1, 0.15) is 0 Å². The second kappa shape index (κ2) is 4.82. The molecule has 0 aliphatic carbocycles. The summed E-state index contributed by atoms with van der Waals surface area (Å²) in [6.07, 6.45) is 0. The normalized spacial score (nSPS) is 10.6. The Balaban J connectivity index is 1.96. The van der Waals surface area contributed by atoms with Crippen molar-refractivity contribution in [3.05, 3.63) is 65.7 Å². The van der Waals surface area contributed by atoms with E-state index >= 15 is 0 Å². The molecule has 0 spiro atoms. The highest BCUT2D eigenvalue weighted by molar-refractivity contribution is 6.32. The number of hydrogen-bond acceptors (Lipinski definition) is 2. The molecule has 3 aromatic carbocycles. The Morgan fingerprint density at radius 1 is 0.842 bits per heavy atom. The van der Waals surface area contributed by atoms with E-state index in [1.807, 2.05) is 36.4 Å². The van der Waals surface area contributed by atoms with Crippen LogP contribution in [0.3, 0.4) is 0 Å². The van der Waals surface area contributed by atoms with Crippen LogP contribution in [-0.2, 0) is 0 Å². The summed E-state index contributed by atoms with van der Waals surface area (Å²) in [5, 5.41) is 2.82. The molecule has 0 saturated heterocycles. The third-order valence-corrected chi connectivity index (χ3v) is 3.20. The molecule has 3 aromatic rings. The molecule has 0 aliphatic rings. The van der Waals surface area contributed by atoms with Crippen LogP contribution in [0.4, 0.5) is 5.69 Å². The fraction of sp³-hybridized carbons (Fsp3) is 0. The van der Waals surface area contributed by atoms with Crippen molar-refractivity contribution in [1.29, 1.82) is 0 Å². The van der Waals surface area contributed by atoms with E-state index in [4.69, 9.17) is 22.1 Å². The lowest BCUT2D eigenvalue weighted by Gasteiger charge is -2.09. The van der Waals surface area contributed by atoms with Crippen molar-refractivity contribution in [2.24, 2.45) is 0 Å². The zero-order chi connectivity index (χ0) is 13.2. The number of anilines is 1. The zero-order valence-corrected chi connectivity index (χ0v) is 10.9. The zero-order valence-electron chi connectivity index (χ0n) is 10.1. The molecule has 19 heavy (non-hydrogen) atoms. The van der Waals surface area contributed by atoms with E-state index in [0.717, 1.165) is 11.1 Å². The van der Waals surface area contributed by atoms with Crippen LogP contribution < -0.4 is 10.5 Å². The van der Waals surface area contributed by atoms with Crippen molar-refractivity contribution in [3.63, 3.8) is 0 Å². The summed E-state index contributed by atoms with van der Waals surface area (Å²) in [4.78, 5) is 0. The average Bonchev–Trinajstić information content (AvgIpc) is 2.42. The molecule has 94 valence electrons. The molecule has 0 aliphatic heterocycles. The number of halogens is 1. The first-order valence-corrected chi connectivity index (χ1v) is 6.32. The van der Waals surface area contributed by atoms with Crippen molar-refractivity contribution < 1.29 is 4.74 Å². The molecule has 0 fully saturated rings. The second-order valence-corrected chi connectivity index (χ2v) is 4.71. The third kappa shape index (κ3) is 2.49. The summed E-state index contributed by atoms with van der Waals surface area (Å²) in [7, 11) is 0. The van der Waals surface area contributed by atoms with Gasteiger partial charge in [0.2, 0.25) is 0 Å². The molecule has 0 aromatic heterocycles. The van der Waals surface area contributed by atoms with E-state index in [9.17, 15) is 0 Å². The highest BCUT2D eigenvalue weighted by Gasteiger charge is 2.04. The molecule has 2 nitrogen and oxygen atoms in total. The molecule has 2 N–H and O–H groups in total. The van der Waals surface area contributed by atoms with Gasteiger partial charge >= 0.3 is 0 Å². The molecule has 0 amide bonds. The quantitative estimate of drug-likeness (QED) is 0.674. The minimum Gasteiger partial charge on any atom is -0.456 e. The first-order chi connectivity index (χ1) is 9.22. The van der Waals surface area contributed by atoms with Gasteiger partial charge in [-0.1, -0.05) is 41.9 Å². The number of rotatable bonds is 2. The lowest BCUT2D eigenvalue weighted by molar-refractivity contribution is 0.484. The van der Waals surface area contributed by atoms with Crippen molar-refractivity contribution in [2.75, 3.05) is 5.73 Å². The van der Waals surface area contributed by atoms with Crippen LogP contribution in [-0.4, -0.2) is 0 Å². The van der Waals surface area contributed by atoms with Crippen LogP contribution in [0.5, 0.6) is 11.5 Å². The van der Waals surface area contributed by atoms with E-state index in [1.54, 1.807) is 18.2 Å². The minimum atomic E-state index is 0.508. The molecule has 0 unspecified atom stereocenters. The van der Waals surface area contributed by atoms with Gasteiger partial charge in [-0.15, -0.1) is 0 Å². The molecule has 0 heterocycles. The number of fused-ring (bicyclic) bond motifs is 1. The monoisotopic (exact) mass is 269 g/mol. The topological polar surface area (TPSA) is 35.2 Å². The summed E-state index contributed by atoms with van der Waals surface area (Å²) in [5.41, 5.74) is 6.28. The summed E-state index contributed by atoms with van der Waals surface area (Å²) < 4.78 is 5.78. The number of hydrogen-bond donors (Lipinski definition) is 1. The van der Waals surface area contributed by atoms with E-state index in [0.29, 0.717) is 16.5 Å². The van der Waals surface area contributed by atoms with Crippen LogP contribution in [0.2, 0.25) is 5.02 Å². The van der Waals surface area contributed by atoms with Gasteiger partial charge in [0.25, 0.3) is 0 Å². The van der Waals surface area contributed by atoms with Gasteiger partial charge in [0.05, 0.1) is 5.02 Å². The van der Waals surface area contributed by atoms with E-state index < -0.39 is 0 Å². The van der Waals surface area contributed by atoms with Gasteiger partial charge in [0.1, 0.15) is 11.5 Å². The van der Waals surface area contributed by atoms with Gasteiger partial charge in [0.15, 0.2) is 0 Å². The second-order valence-electron chi connectivity index (χ2n) is 4.30. The Hall–Kier alpha value is -2.19. The number of nitrogen functional groups attached to an aromatic ring is 1. The van der Waals surface area contributed by atoms with E-state index in [-0.39, 0.29) is 0 Å². The Morgan fingerprint density at radius 3 is 2.42 bits per heavy atom. The van der Waals surface area contributed by atoms with Gasteiger partial charge in [-0.2, -0.15) is 0 Å². The Kier molecular flexibility index (Phi) is 3.02. The first kappa shape index (κ1) is 11.9. The van der Waals surface area contributed by atoms with Gasteiger partial charge in [-0.25, -0.2) is 0 Å². The van der Waals surface area contributed by atoms with Gasteiger partial charge in [0, 0.05) is 5.69 Å². The van der Waals surface area contributed by atoms with Gasteiger partial charge in [-0.05, 0) is 41.1 Å². The number of nitrogens with two attached hydrogens (primary N) is 1.